The number of likely N-dealkylation sites (tertiary alicyclic amines) is 1. The molecule has 0 aromatic heterocycles. The minimum Gasteiger partial charge on any atom is -0.370 e. The van der Waals surface area contributed by atoms with E-state index in [2.05, 4.69) is 9.89 Å². The molecule has 0 unspecified atom stereocenters. The number of hydrogen-bond donors (Lipinski definition) is 1. The summed E-state index contributed by atoms with van der Waals surface area (Å²) < 4.78 is 27.9. The lowest BCUT2D eigenvalue weighted by Crippen LogP contribution is -2.41. The van der Waals surface area contributed by atoms with Gasteiger partial charge in [-0.1, -0.05) is 6.07 Å². The Morgan fingerprint density at radius 2 is 1.76 bits per heavy atom. The van der Waals surface area contributed by atoms with Gasteiger partial charge in [0.1, 0.15) is 11.6 Å². The molecule has 0 bridgehead atoms. The fourth-order valence-corrected chi connectivity index (χ4v) is 3.10. The molecule has 1 heterocycles. The molecular formula is C16H21F2N3. The minimum absolute atomic E-state index is 0.181. The molecule has 0 spiro atoms. The van der Waals surface area contributed by atoms with Gasteiger partial charge in [0.05, 0.1) is 6.54 Å². The van der Waals surface area contributed by atoms with Crippen molar-refractivity contribution in [3.8, 4) is 0 Å². The SMILES string of the molecule is NC(=NCC1(c2c(F)cccc2F)CC1)N1CCCCC1. The fraction of sp³-hybridized carbons (Fsp3) is 0.562. The molecule has 5 heteroatoms. The van der Waals surface area contributed by atoms with E-state index in [-0.39, 0.29) is 5.56 Å². The zero-order valence-corrected chi connectivity index (χ0v) is 12.1. The van der Waals surface area contributed by atoms with Crippen molar-refractivity contribution in [1.29, 1.82) is 0 Å². The topological polar surface area (TPSA) is 41.6 Å². The molecule has 1 saturated carbocycles. The largest absolute Gasteiger partial charge is 0.370 e. The number of piperidine rings is 1. The van der Waals surface area contributed by atoms with Gasteiger partial charge in [0.15, 0.2) is 5.96 Å². The van der Waals surface area contributed by atoms with Gasteiger partial charge in [-0.05, 0) is 44.2 Å². The number of halogens is 2. The van der Waals surface area contributed by atoms with E-state index in [1.54, 1.807) is 0 Å². The van der Waals surface area contributed by atoms with Gasteiger partial charge in [-0.25, -0.2) is 8.78 Å². The highest BCUT2D eigenvalue weighted by molar-refractivity contribution is 5.78. The number of aliphatic imine (C=N–C) groups is 1. The molecule has 2 N–H and O–H groups in total. The van der Waals surface area contributed by atoms with Crippen LogP contribution in [0.15, 0.2) is 23.2 Å². The summed E-state index contributed by atoms with van der Waals surface area (Å²) in [5.41, 5.74) is 5.72. The molecule has 1 aliphatic heterocycles. The van der Waals surface area contributed by atoms with E-state index in [1.165, 1.54) is 24.6 Å². The van der Waals surface area contributed by atoms with Gasteiger partial charge in [-0.15, -0.1) is 0 Å². The molecule has 0 amide bonds. The molecule has 1 saturated heterocycles. The van der Waals surface area contributed by atoms with Crippen molar-refractivity contribution >= 4 is 5.96 Å². The van der Waals surface area contributed by atoms with Gasteiger partial charge in [-0.3, -0.25) is 4.99 Å². The van der Waals surface area contributed by atoms with E-state index >= 15 is 0 Å². The smallest absolute Gasteiger partial charge is 0.191 e. The highest BCUT2D eigenvalue weighted by Crippen LogP contribution is 2.50. The summed E-state index contributed by atoms with van der Waals surface area (Å²) in [5, 5.41) is 0. The van der Waals surface area contributed by atoms with Crippen LogP contribution in [0.1, 0.15) is 37.7 Å². The lowest BCUT2D eigenvalue weighted by Gasteiger charge is -2.28. The Morgan fingerprint density at radius 3 is 2.33 bits per heavy atom. The second-order valence-electron chi connectivity index (χ2n) is 6.10. The molecule has 2 fully saturated rings. The number of benzene rings is 1. The van der Waals surface area contributed by atoms with Crippen molar-refractivity contribution < 1.29 is 8.78 Å². The second kappa shape index (κ2) is 5.62. The summed E-state index contributed by atoms with van der Waals surface area (Å²) in [7, 11) is 0. The van der Waals surface area contributed by atoms with Crippen molar-refractivity contribution in [2.75, 3.05) is 19.6 Å². The van der Waals surface area contributed by atoms with Gasteiger partial charge in [-0.2, -0.15) is 0 Å². The third-order valence-corrected chi connectivity index (χ3v) is 4.57. The van der Waals surface area contributed by atoms with Crippen LogP contribution < -0.4 is 5.73 Å². The van der Waals surface area contributed by atoms with E-state index < -0.39 is 17.0 Å². The summed E-state index contributed by atoms with van der Waals surface area (Å²) >= 11 is 0. The standard InChI is InChI=1S/C16H21F2N3/c17-12-5-4-6-13(18)14(12)16(7-8-16)11-20-15(19)21-9-2-1-3-10-21/h4-6H,1-3,7-11H2,(H2,19,20). The molecule has 0 radical (unpaired) electrons. The normalized spacial score (nSPS) is 21.4. The van der Waals surface area contributed by atoms with Crippen LogP contribution in [0.4, 0.5) is 8.78 Å². The Morgan fingerprint density at radius 1 is 1.14 bits per heavy atom. The van der Waals surface area contributed by atoms with E-state index in [1.807, 2.05) is 0 Å². The maximum atomic E-state index is 13.9. The van der Waals surface area contributed by atoms with Crippen LogP contribution in [0.3, 0.4) is 0 Å². The Balaban J connectivity index is 1.75. The third-order valence-electron chi connectivity index (χ3n) is 4.57. The van der Waals surface area contributed by atoms with Crippen LogP contribution in [0.5, 0.6) is 0 Å². The lowest BCUT2D eigenvalue weighted by molar-refractivity contribution is 0.337. The average Bonchev–Trinajstić information content (AvgIpc) is 3.26. The maximum absolute atomic E-state index is 13.9. The molecule has 3 rings (SSSR count). The van der Waals surface area contributed by atoms with E-state index in [0.717, 1.165) is 38.8 Å². The number of hydrogen-bond acceptors (Lipinski definition) is 1. The Hall–Kier alpha value is -1.65. The first-order valence-corrected chi connectivity index (χ1v) is 7.62. The molecule has 1 aromatic rings. The number of rotatable bonds is 3. The molecule has 3 nitrogen and oxygen atoms in total. The Labute approximate surface area is 123 Å². The molecule has 1 aromatic carbocycles. The fourth-order valence-electron chi connectivity index (χ4n) is 3.10. The lowest BCUT2D eigenvalue weighted by atomic mass is 9.95. The molecule has 1 aliphatic carbocycles. The van der Waals surface area contributed by atoms with Gasteiger partial charge in [0.2, 0.25) is 0 Å². The van der Waals surface area contributed by atoms with Crippen molar-refractivity contribution in [3.63, 3.8) is 0 Å². The van der Waals surface area contributed by atoms with Crippen LogP contribution >= 0.6 is 0 Å². The monoisotopic (exact) mass is 293 g/mol. The van der Waals surface area contributed by atoms with Crippen LogP contribution in [0, 0.1) is 11.6 Å². The van der Waals surface area contributed by atoms with Gasteiger partial charge < -0.3 is 10.6 Å². The number of guanidine groups is 1. The number of nitrogens with two attached hydrogens (primary N) is 1. The molecule has 0 atom stereocenters. The first-order chi connectivity index (χ1) is 10.1. The van der Waals surface area contributed by atoms with Crippen molar-refractivity contribution in [3.05, 3.63) is 35.4 Å². The summed E-state index contributed by atoms with van der Waals surface area (Å²) in [6.45, 7) is 2.22. The van der Waals surface area contributed by atoms with Gasteiger partial charge in [0, 0.05) is 24.1 Å². The van der Waals surface area contributed by atoms with Crippen molar-refractivity contribution in [1.82, 2.24) is 4.90 Å². The average molecular weight is 293 g/mol. The summed E-state index contributed by atoms with van der Waals surface area (Å²) in [4.78, 5) is 6.49. The van der Waals surface area contributed by atoms with Crippen LogP contribution in [-0.4, -0.2) is 30.5 Å². The van der Waals surface area contributed by atoms with Crippen LogP contribution in [0.2, 0.25) is 0 Å². The number of nitrogens with zero attached hydrogens (tertiary/aromatic N) is 2. The predicted octanol–water partition coefficient (Wildman–Crippen LogP) is 2.80. The van der Waals surface area contributed by atoms with Gasteiger partial charge in [0.25, 0.3) is 0 Å². The van der Waals surface area contributed by atoms with E-state index in [4.69, 9.17) is 5.73 Å². The first-order valence-electron chi connectivity index (χ1n) is 7.62. The molecule has 2 aliphatic rings. The van der Waals surface area contributed by atoms with Crippen LogP contribution in [0.25, 0.3) is 0 Å². The first kappa shape index (κ1) is 14.3. The molecule has 114 valence electrons. The summed E-state index contributed by atoms with van der Waals surface area (Å²) in [6, 6.07) is 4.03. The molecular weight excluding hydrogens is 272 g/mol. The highest BCUT2D eigenvalue weighted by atomic mass is 19.1. The van der Waals surface area contributed by atoms with Crippen LogP contribution in [-0.2, 0) is 5.41 Å². The minimum atomic E-state index is -0.490. The Bertz CT molecular complexity index is 526. The third kappa shape index (κ3) is 2.87. The summed E-state index contributed by atoms with van der Waals surface area (Å²) in [6.07, 6.45) is 5.02. The van der Waals surface area contributed by atoms with Gasteiger partial charge >= 0.3 is 0 Å². The van der Waals surface area contributed by atoms with E-state index in [0.29, 0.717) is 12.5 Å². The summed E-state index contributed by atoms with van der Waals surface area (Å²) in [5.74, 6) is -0.434. The predicted molar refractivity (Wildman–Crippen MR) is 79.2 cm³/mol. The van der Waals surface area contributed by atoms with E-state index in [9.17, 15) is 8.78 Å². The molecule has 21 heavy (non-hydrogen) atoms. The van der Waals surface area contributed by atoms with Crippen molar-refractivity contribution in [2.45, 2.75) is 37.5 Å². The highest BCUT2D eigenvalue weighted by Gasteiger charge is 2.47. The zero-order chi connectivity index (χ0) is 14.9. The quantitative estimate of drug-likeness (QED) is 0.688. The van der Waals surface area contributed by atoms with Crippen molar-refractivity contribution in [2.24, 2.45) is 10.7 Å². The zero-order valence-electron chi connectivity index (χ0n) is 12.1. The maximum Gasteiger partial charge on any atom is 0.191 e. The Kier molecular flexibility index (Phi) is 3.83. The second-order valence-corrected chi connectivity index (χ2v) is 6.10.